The van der Waals surface area contributed by atoms with Gasteiger partial charge in [0.15, 0.2) is 5.01 Å². The highest BCUT2D eigenvalue weighted by Gasteiger charge is 2.23. The third-order valence-electron chi connectivity index (χ3n) is 5.99. The number of pyridine rings is 2. The molecule has 2 aliphatic rings. The van der Waals surface area contributed by atoms with Crippen molar-refractivity contribution in [3.8, 4) is 28.7 Å². The van der Waals surface area contributed by atoms with E-state index in [1.54, 1.807) is 4.90 Å². The average Bonchev–Trinajstić information content (AvgIpc) is 3.66. The van der Waals surface area contributed by atoms with Crippen molar-refractivity contribution in [1.29, 1.82) is 0 Å². The predicted molar refractivity (Wildman–Crippen MR) is 140 cm³/mol. The number of halogens is 1. The first-order chi connectivity index (χ1) is 18.4. The molecule has 0 radical (unpaired) electrons. The number of morpholine rings is 1. The first-order valence-corrected chi connectivity index (χ1v) is 13.1. The van der Waals surface area contributed by atoms with Gasteiger partial charge in [-0.2, -0.15) is 0 Å². The molecule has 4 heterocycles. The predicted octanol–water partition coefficient (Wildman–Crippen LogP) is 2.30. The molecule has 11 nitrogen and oxygen atoms in total. The summed E-state index contributed by atoms with van der Waals surface area (Å²) >= 11 is 7.31. The molecule has 2 amide bonds. The second-order valence-corrected chi connectivity index (χ2v) is 10.0. The highest BCUT2D eigenvalue weighted by Crippen LogP contribution is 2.33. The lowest BCUT2D eigenvalue weighted by molar-refractivity contribution is -0.135. The zero-order valence-electron chi connectivity index (χ0n) is 20.4. The van der Waals surface area contributed by atoms with Gasteiger partial charge in [0, 0.05) is 42.4 Å². The second-order valence-electron chi connectivity index (χ2n) is 8.68. The molecule has 13 heteroatoms. The van der Waals surface area contributed by atoms with Crippen molar-refractivity contribution >= 4 is 39.9 Å². The number of carbonyl (C=O) groups is 2. The summed E-state index contributed by atoms with van der Waals surface area (Å²) in [6.45, 7) is 1.58. The molecular formula is C25H23ClN6O5S. The van der Waals surface area contributed by atoms with Crippen LogP contribution in [-0.2, 0) is 16.1 Å². The van der Waals surface area contributed by atoms with Crippen molar-refractivity contribution in [2.75, 3.05) is 38.7 Å². The monoisotopic (exact) mass is 554 g/mol. The van der Waals surface area contributed by atoms with Crippen LogP contribution >= 0.6 is 22.9 Å². The van der Waals surface area contributed by atoms with Gasteiger partial charge < -0.3 is 18.9 Å². The fraction of sp³-hybridized carbons (Fsp3) is 0.360. The first kappa shape index (κ1) is 25.8. The largest absolute Gasteiger partial charge is 0.494 e. The maximum absolute atomic E-state index is 13.4. The summed E-state index contributed by atoms with van der Waals surface area (Å²) in [5, 5.41) is 11.6. The van der Waals surface area contributed by atoms with Crippen LogP contribution in [0, 0.1) is 17.8 Å². The Morgan fingerprint density at radius 2 is 2.03 bits per heavy atom. The first-order valence-electron chi connectivity index (χ1n) is 11.9. The number of rotatable bonds is 6. The number of hydrogen-bond acceptors (Lipinski definition) is 9. The average molecular weight is 555 g/mol. The molecule has 0 bridgehead atoms. The number of methoxy groups -OCH3 is 1. The number of amides is 2. The molecule has 0 aromatic carbocycles. The number of carbonyl (C=O) groups excluding carboxylic acids is 2. The molecule has 0 spiro atoms. The summed E-state index contributed by atoms with van der Waals surface area (Å²) in [5.74, 6) is 6.00. The van der Waals surface area contributed by atoms with Gasteiger partial charge in [0.1, 0.15) is 17.4 Å². The normalized spacial score (nSPS) is 14.9. The van der Waals surface area contributed by atoms with E-state index in [0.29, 0.717) is 54.1 Å². The third kappa shape index (κ3) is 6.02. The molecule has 2 fully saturated rings. The number of ether oxygens (including phenoxy) is 2. The molecule has 3 aromatic heterocycles. The number of aromatic nitrogens is 4. The van der Waals surface area contributed by atoms with Crippen molar-refractivity contribution in [2.45, 2.75) is 19.4 Å². The minimum atomic E-state index is -0.586. The van der Waals surface area contributed by atoms with Gasteiger partial charge in [0.2, 0.25) is 11.0 Å². The van der Waals surface area contributed by atoms with E-state index in [4.69, 9.17) is 21.1 Å². The fourth-order valence-electron chi connectivity index (χ4n) is 3.83. The van der Waals surface area contributed by atoms with Crippen LogP contribution < -0.4 is 15.6 Å². The van der Waals surface area contributed by atoms with Gasteiger partial charge in [-0.15, -0.1) is 10.2 Å². The second kappa shape index (κ2) is 11.3. The summed E-state index contributed by atoms with van der Waals surface area (Å²) in [6, 6.07) is 2.71. The summed E-state index contributed by atoms with van der Waals surface area (Å²) in [4.78, 5) is 45.0. The molecule has 1 aliphatic carbocycles. The maximum atomic E-state index is 13.4. The summed E-state index contributed by atoms with van der Waals surface area (Å²) in [7, 11) is 1.46. The molecule has 196 valence electrons. The van der Waals surface area contributed by atoms with Crippen molar-refractivity contribution in [3.05, 3.63) is 50.6 Å². The number of nitrogens with zero attached hydrogens (tertiary/aromatic N) is 5. The van der Waals surface area contributed by atoms with E-state index in [2.05, 4.69) is 32.3 Å². The Morgan fingerprint density at radius 1 is 1.24 bits per heavy atom. The van der Waals surface area contributed by atoms with E-state index >= 15 is 0 Å². The van der Waals surface area contributed by atoms with Gasteiger partial charge in [-0.25, -0.2) is 4.98 Å². The van der Waals surface area contributed by atoms with Crippen LogP contribution in [0.15, 0.2) is 29.3 Å². The number of nitrogens with one attached hydrogen (secondary N) is 1. The lowest BCUT2D eigenvalue weighted by atomic mass is 10.0. The van der Waals surface area contributed by atoms with Gasteiger partial charge in [-0.3, -0.25) is 19.7 Å². The third-order valence-corrected chi connectivity index (χ3v) is 6.95. The molecular weight excluding hydrogens is 532 g/mol. The van der Waals surface area contributed by atoms with Crippen LogP contribution in [0.5, 0.6) is 5.75 Å². The Bertz CT molecular complexity index is 1500. The Hall–Kier alpha value is -3.79. The molecule has 1 aliphatic heterocycles. The van der Waals surface area contributed by atoms with Crippen LogP contribution in [-0.4, -0.2) is 69.9 Å². The number of hydrogen-bond donors (Lipinski definition) is 1. The van der Waals surface area contributed by atoms with Gasteiger partial charge in [-0.05, 0) is 24.8 Å². The van der Waals surface area contributed by atoms with Gasteiger partial charge >= 0.3 is 0 Å². The zero-order valence-corrected chi connectivity index (χ0v) is 22.0. The van der Waals surface area contributed by atoms with E-state index in [1.807, 2.05) is 0 Å². The minimum absolute atomic E-state index is 0.0476. The summed E-state index contributed by atoms with van der Waals surface area (Å²) in [5.41, 5.74) is 0.286. The Morgan fingerprint density at radius 3 is 2.76 bits per heavy atom. The lowest BCUT2D eigenvalue weighted by Gasteiger charge is -2.27. The molecule has 5 rings (SSSR count). The van der Waals surface area contributed by atoms with E-state index in [1.165, 1.54) is 36.2 Å². The summed E-state index contributed by atoms with van der Waals surface area (Å²) < 4.78 is 12.0. The minimum Gasteiger partial charge on any atom is -0.494 e. The van der Waals surface area contributed by atoms with E-state index in [0.717, 1.165) is 24.2 Å². The van der Waals surface area contributed by atoms with Gasteiger partial charge in [0.05, 0.1) is 32.1 Å². The van der Waals surface area contributed by atoms with Crippen LogP contribution in [0.4, 0.5) is 5.13 Å². The van der Waals surface area contributed by atoms with E-state index in [-0.39, 0.29) is 28.3 Å². The van der Waals surface area contributed by atoms with Crippen molar-refractivity contribution in [3.63, 3.8) is 0 Å². The molecule has 1 saturated carbocycles. The molecule has 1 saturated heterocycles. The molecule has 38 heavy (non-hydrogen) atoms. The fourth-order valence-corrected chi connectivity index (χ4v) is 4.59. The highest BCUT2D eigenvalue weighted by atomic mass is 35.5. The molecule has 1 N–H and O–H groups in total. The SMILES string of the molecule is COc1cnc(Cl)cc1-c1cn(CC(=O)N2CCOCC2)c(=O)cc1C(=O)Nc1nnc(C#CC2CC2)s1. The smallest absolute Gasteiger partial charge is 0.258 e. The Kier molecular flexibility index (Phi) is 7.69. The van der Waals surface area contributed by atoms with Gasteiger partial charge in [0.25, 0.3) is 11.5 Å². The van der Waals surface area contributed by atoms with Crippen molar-refractivity contribution in [1.82, 2.24) is 24.6 Å². The highest BCUT2D eigenvalue weighted by molar-refractivity contribution is 7.15. The van der Waals surface area contributed by atoms with Crippen molar-refractivity contribution < 1.29 is 19.1 Å². The maximum Gasteiger partial charge on any atom is 0.258 e. The van der Waals surface area contributed by atoms with Crippen LogP contribution in [0.3, 0.4) is 0 Å². The standard InChI is InChI=1S/C25H23ClN6O5S/c1-36-19-12-27-20(26)10-16(19)18-13-32(14-23(34)31-6-8-37-9-7-31)22(33)11-17(18)24(35)28-25-30-29-21(38-25)5-4-15-2-3-15/h10-13,15H,2-3,6-9,14H2,1H3,(H,28,30,35). The Labute approximate surface area is 226 Å². The van der Waals surface area contributed by atoms with E-state index < -0.39 is 11.5 Å². The van der Waals surface area contributed by atoms with Gasteiger partial charge in [-0.1, -0.05) is 28.9 Å². The van der Waals surface area contributed by atoms with Crippen LogP contribution in [0.1, 0.15) is 28.2 Å². The van der Waals surface area contributed by atoms with Crippen LogP contribution in [0.25, 0.3) is 11.1 Å². The van der Waals surface area contributed by atoms with Crippen LogP contribution in [0.2, 0.25) is 5.15 Å². The molecule has 0 atom stereocenters. The lowest BCUT2D eigenvalue weighted by Crippen LogP contribution is -2.43. The number of anilines is 1. The van der Waals surface area contributed by atoms with E-state index in [9.17, 15) is 14.4 Å². The zero-order chi connectivity index (χ0) is 26.6. The Balaban J connectivity index is 1.49. The van der Waals surface area contributed by atoms with Crippen molar-refractivity contribution in [2.24, 2.45) is 5.92 Å². The molecule has 0 unspecified atom stereocenters. The topological polar surface area (TPSA) is 129 Å². The molecule has 3 aromatic rings. The summed E-state index contributed by atoms with van der Waals surface area (Å²) in [6.07, 6.45) is 5.05. The quantitative estimate of drug-likeness (QED) is 0.363.